The number of fused-ring (bicyclic) bond motifs is 4. The number of anilines is 2. The van der Waals surface area contributed by atoms with Gasteiger partial charge in [-0.1, -0.05) is 47.5 Å². The number of esters is 1. The van der Waals surface area contributed by atoms with Gasteiger partial charge in [0.2, 0.25) is 11.8 Å². The van der Waals surface area contributed by atoms with E-state index in [1.165, 1.54) is 13.2 Å². The maximum Gasteiger partial charge on any atom is 0.309 e. The summed E-state index contributed by atoms with van der Waals surface area (Å²) in [7, 11) is 1.32. The summed E-state index contributed by atoms with van der Waals surface area (Å²) >= 11 is 12.6. The summed E-state index contributed by atoms with van der Waals surface area (Å²) in [5.41, 5.74) is 9.18. The molecule has 2 aromatic carbocycles. The predicted octanol–water partition coefficient (Wildman–Crippen LogP) is 5.23. The van der Waals surface area contributed by atoms with Crippen LogP contribution in [0, 0.1) is 0 Å². The van der Waals surface area contributed by atoms with Crippen LogP contribution in [0.15, 0.2) is 54.6 Å². The first-order chi connectivity index (χ1) is 18.7. The third-order valence-corrected chi connectivity index (χ3v) is 6.56. The monoisotopic (exact) mass is 567 g/mol. The molecule has 9 nitrogen and oxygen atoms in total. The number of allylic oxidation sites excluding steroid dienone is 1. The van der Waals surface area contributed by atoms with Gasteiger partial charge in [-0.05, 0) is 54.3 Å². The number of nitrogens with one attached hydrogen (secondary N) is 3. The first kappa shape index (κ1) is 27.9. The van der Waals surface area contributed by atoms with E-state index in [4.69, 9.17) is 33.7 Å². The highest BCUT2D eigenvalue weighted by molar-refractivity contribution is 6.32. The van der Waals surface area contributed by atoms with Crippen molar-refractivity contribution in [1.82, 2.24) is 15.3 Å². The minimum atomic E-state index is -0.534. The third-order valence-electron chi connectivity index (χ3n) is 6.05. The molecular formula is C28H27Cl2N5O4. The molecule has 0 radical (unpaired) electrons. The van der Waals surface area contributed by atoms with Crippen LogP contribution >= 0.6 is 23.2 Å². The molecule has 0 spiro atoms. The maximum atomic E-state index is 12.8. The van der Waals surface area contributed by atoms with Gasteiger partial charge in [-0.2, -0.15) is 0 Å². The van der Waals surface area contributed by atoms with Gasteiger partial charge >= 0.3 is 5.97 Å². The molecule has 2 amide bonds. The van der Waals surface area contributed by atoms with E-state index in [-0.39, 0.29) is 29.8 Å². The summed E-state index contributed by atoms with van der Waals surface area (Å²) in [6.07, 6.45) is 7.92. The molecule has 11 heteroatoms. The summed E-state index contributed by atoms with van der Waals surface area (Å²) in [5, 5.41) is 6.60. The number of hydrogen-bond donors (Lipinski definition) is 4. The summed E-state index contributed by atoms with van der Waals surface area (Å²) in [4.78, 5) is 45.0. The largest absolute Gasteiger partial charge is 0.469 e. The van der Waals surface area contributed by atoms with Gasteiger partial charge in [0, 0.05) is 28.8 Å². The van der Waals surface area contributed by atoms with Crippen molar-refractivity contribution in [3.05, 3.63) is 81.8 Å². The zero-order valence-electron chi connectivity index (χ0n) is 21.1. The average molecular weight is 568 g/mol. The minimum absolute atomic E-state index is 0.0460. The van der Waals surface area contributed by atoms with Crippen LogP contribution in [0.1, 0.15) is 42.3 Å². The van der Waals surface area contributed by atoms with Gasteiger partial charge in [-0.25, -0.2) is 4.98 Å². The van der Waals surface area contributed by atoms with E-state index in [2.05, 4.69) is 20.6 Å². The third kappa shape index (κ3) is 7.28. The number of halogens is 2. The van der Waals surface area contributed by atoms with Crippen LogP contribution < -0.4 is 16.4 Å². The van der Waals surface area contributed by atoms with Crippen molar-refractivity contribution >= 4 is 58.4 Å². The molecule has 5 N–H and O–H groups in total. The summed E-state index contributed by atoms with van der Waals surface area (Å²) in [6, 6.07) is 9.67. The second kappa shape index (κ2) is 12.6. The van der Waals surface area contributed by atoms with E-state index >= 15 is 0 Å². The van der Waals surface area contributed by atoms with Crippen molar-refractivity contribution in [3.63, 3.8) is 0 Å². The van der Waals surface area contributed by atoms with Crippen LogP contribution in [0.3, 0.4) is 0 Å². The van der Waals surface area contributed by atoms with Crippen molar-refractivity contribution in [2.24, 2.45) is 0 Å². The molecule has 202 valence electrons. The molecule has 1 aliphatic rings. The summed E-state index contributed by atoms with van der Waals surface area (Å²) in [5.74, 6) is -0.519. The Balaban J connectivity index is 1.65. The number of hydrogen-bond acceptors (Lipinski definition) is 6. The Kier molecular flexibility index (Phi) is 9.06. The van der Waals surface area contributed by atoms with Gasteiger partial charge in [0.15, 0.2) is 0 Å². The first-order valence-electron chi connectivity index (χ1n) is 12.2. The van der Waals surface area contributed by atoms with Crippen molar-refractivity contribution in [2.45, 2.75) is 31.7 Å². The molecule has 0 unspecified atom stereocenters. The predicted molar refractivity (Wildman–Crippen MR) is 152 cm³/mol. The van der Waals surface area contributed by atoms with Gasteiger partial charge < -0.3 is 26.1 Å². The van der Waals surface area contributed by atoms with Gasteiger partial charge in [-0.15, -0.1) is 0 Å². The van der Waals surface area contributed by atoms with E-state index in [0.717, 1.165) is 0 Å². The SMILES string of the molecule is COC(=O)Cc1ccc2c(c1)NC(=O)CC/C=C/C[C@H](NC(=O)/C=C/c1cc(Cl)ccc1N)c1nc-2c(Cl)[nH]1. The molecular weight excluding hydrogens is 541 g/mol. The molecule has 2 bridgehead atoms. The molecule has 1 atom stereocenters. The number of amides is 2. The van der Waals surface area contributed by atoms with E-state index < -0.39 is 12.0 Å². The minimum Gasteiger partial charge on any atom is -0.469 e. The molecule has 0 saturated carbocycles. The van der Waals surface area contributed by atoms with Crippen molar-refractivity contribution in [2.75, 3.05) is 18.2 Å². The Morgan fingerprint density at radius 2 is 2.03 bits per heavy atom. The number of aromatic amines is 1. The Bertz CT molecular complexity index is 1460. The van der Waals surface area contributed by atoms with Gasteiger partial charge in [-0.3, -0.25) is 14.4 Å². The number of benzene rings is 2. The van der Waals surface area contributed by atoms with Gasteiger partial charge in [0.25, 0.3) is 0 Å². The van der Waals surface area contributed by atoms with Gasteiger partial charge in [0.1, 0.15) is 16.7 Å². The molecule has 1 aliphatic heterocycles. The molecule has 0 aliphatic carbocycles. The number of nitrogens with zero attached hydrogens (tertiary/aromatic N) is 1. The maximum absolute atomic E-state index is 12.8. The Morgan fingerprint density at radius 1 is 1.21 bits per heavy atom. The number of nitrogen functional groups attached to an aromatic ring is 1. The molecule has 0 saturated heterocycles. The fourth-order valence-electron chi connectivity index (χ4n) is 4.05. The second-order valence-corrected chi connectivity index (χ2v) is 9.69. The summed E-state index contributed by atoms with van der Waals surface area (Å²) < 4.78 is 4.76. The topological polar surface area (TPSA) is 139 Å². The van der Waals surface area contributed by atoms with Crippen LogP contribution in [-0.4, -0.2) is 34.9 Å². The Labute approximate surface area is 235 Å². The molecule has 0 fully saturated rings. The van der Waals surface area contributed by atoms with E-state index in [9.17, 15) is 14.4 Å². The number of imidazole rings is 1. The first-order valence-corrected chi connectivity index (χ1v) is 12.9. The lowest BCUT2D eigenvalue weighted by molar-refractivity contribution is -0.139. The number of carbonyl (C=O) groups is 3. The lowest BCUT2D eigenvalue weighted by atomic mass is 10.0. The molecule has 4 rings (SSSR count). The van der Waals surface area contributed by atoms with E-state index in [0.29, 0.717) is 57.4 Å². The van der Waals surface area contributed by atoms with E-state index in [1.807, 2.05) is 12.2 Å². The second-order valence-electron chi connectivity index (χ2n) is 8.88. The normalized spacial score (nSPS) is 16.3. The Morgan fingerprint density at radius 3 is 2.82 bits per heavy atom. The number of H-pyrrole nitrogens is 1. The average Bonchev–Trinajstić information content (AvgIpc) is 3.29. The lowest BCUT2D eigenvalue weighted by Crippen LogP contribution is -2.27. The van der Waals surface area contributed by atoms with Crippen molar-refractivity contribution in [1.29, 1.82) is 0 Å². The van der Waals surface area contributed by atoms with Crippen LogP contribution in [0.2, 0.25) is 10.2 Å². The van der Waals surface area contributed by atoms with Crippen LogP contribution in [0.4, 0.5) is 11.4 Å². The van der Waals surface area contributed by atoms with Crippen LogP contribution in [0.25, 0.3) is 17.3 Å². The van der Waals surface area contributed by atoms with Gasteiger partial charge in [0.05, 0.1) is 25.3 Å². The molecule has 39 heavy (non-hydrogen) atoms. The summed E-state index contributed by atoms with van der Waals surface area (Å²) in [6.45, 7) is 0. The number of rotatable bonds is 5. The number of ether oxygens (including phenoxy) is 1. The smallest absolute Gasteiger partial charge is 0.309 e. The number of nitrogens with two attached hydrogens (primary N) is 1. The van der Waals surface area contributed by atoms with Crippen molar-refractivity contribution in [3.8, 4) is 11.3 Å². The van der Waals surface area contributed by atoms with Crippen LogP contribution in [-0.2, 0) is 25.5 Å². The fourth-order valence-corrected chi connectivity index (χ4v) is 4.48. The standard InChI is InChI=1S/C28H27Cl2N5O4/c1-39-25(38)14-16-7-10-19-22(13-16)33-23(36)6-4-2-3-5-21(28-34-26(19)27(30)35-28)32-24(37)12-8-17-15-18(29)9-11-20(17)31/h2-3,7-13,15,21H,4-6,14,31H2,1H3,(H,32,37)(H,33,36)(H,34,35)/b3-2+,12-8+/t21-/m0/s1. The lowest BCUT2D eigenvalue weighted by Gasteiger charge is -2.14. The highest BCUT2D eigenvalue weighted by atomic mass is 35.5. The zero-order chi connectivity index (χ0) is 27.9. The molecule has 3 aromatic rings. The number of carbonyl (C=O) groups excluding carboxylic acids is 3. The molecule has 2 heterocycles. The fraction of sp³-hybridized carbons (Fsp3) is 0.214. The number of methoxy groups -OCH3 is 1. The van der Waals surface area contributed by atoms with Crippen LogP contribution in [0.5, 0.6) is 0 Å². The highest BCUT2D eigenvalue weighted by Gasteiger charge is 2.22. The van der Waals surface area contributed by atoms with Crippen molar-refractivity contribution < 1.29 is 19.1 Å². The Hall–Kier alpha value is -4.08. The number of aromatic nitrogens is 2. The highest BCUT2D eigenvalue weighted by Crippen LogP contribution is 2.35. The van der Waals surface area contributed by atoms with E-state index in [1.54, 1.807) is 42.5 Å². The molecule has 1 aromatic heterocycles. The zero-order valence-corrected chi connectivity index (χ0v) is 22.6. The quantitative estimate of drug-likeness (QED) is 0.144.